The molecule has 0 atom stereocenters. The molecule has 2 aromatic heterocycles. The summed E-state index contributed by atoms with van der Waals surface area (Å²) in [6, 6.07) is 12.3. The fraction of sp³-hybridized carbons (Fsp3) is 0.333. The van der Waals surface area contributed by atoms with Crippen LogP contribution < -0.4 is 4.72 Å². The van der Waals surface area contributed by atoms with E-state index in [1.807, 2.05) is 17.5 Å². The topological polar surface area (TPSA) is 88.3 Å². The van der Waals surface area contributed by atoms with Crippen molar-refractivity contribution in [2.24, 2.45) is 0 Å². The number of likely N-dealkylation sites (tertiary alicyclic amines) is 1. The fourth-order valence-corrected chi connectivity index (χ4v) is 5.07. The van der Waals surface area contributed by atoms with Crippen LogP contribution >= 0.6 is 11.3 Å². The van der Waals surface area contributed by atoms with Crippen LogP contribution in [0.3, 0.4) is 0 Å². The molecule has 4 rings (SSSR count). The van der Waals surface area contributed by atoms with Crippen molar-refractivity contribution in [3.63, 3.8) is 0 Å². The maximum absolute atomic E-state index is 12.4. The number of hydrogen-bond donors (Lipinski definition) is 1. The highest BCUT2D eigenvalue weighted by molar-refractivity contribution is 7.89. The van der Waals surface area contributed by atoms with E-state index in [4.69, 9.17) is 4.42 Å². The van der Waals surface area contributed by atoms with Gasteiger partial charge in [-0.3, -0.25) is 4.90 Å². The summed E-state index contributed by atoms with van der Waals surface area (Å²) in [5.74, 6) is 1.13. The van der Waals surface area contributed by atoms with Crippen LogP contribution in [0.15, 0.2) is 57.2 Å². The van der Waals surface area contributed by atoms with Gasteiger partial charge in [-0.2, -0.15) is 0 Å². The van der Waals surface area contributed by atoms with Crippen LogP contribution in [0.5, 0.6) is 0 Å². The van der Waals surface area contributed by atoms with E-state index in [0.717, 1.165) is 30.8 Å². The third-order valence-corrected chi connectivity index (χ3v) is 6.91. The number of nitrogens with one attached hydrogen (secondary N) is 1. The Morgan fingerprint density at radius 1 is 1.11 bits per heavy atom. The molecule has 3 aromatic rings. The van der Waals surface area contributed by atoms with Gasteiger partial charge < -0.3 is 4.42 Å². The summed E-state index contributed by atoms with van der Waals surface area (Å²) in [5, 5.41) is 10.2. The van der Waals surface area contributed by atoms with E-state index in [1.165, 1.54) is 0 Å². The summed E-state index contributed by atoms with van der Waals surface area (Å²) in [4.78, 5) is 3.47. The number of benzene rings is 1. The van der Waals surface area contributed by atoms with Crippen LogP contribution in [-0.2, 0) is 16.6 Å². The summed E-state index contributed by atoms with van der Waals surface area (Å²) in [5.41, 5.74) is 0. The number of hydrogen-bond acceptors (Lipinski definition) is 7. The molecular weight excluding hydrogens is 384 g/mol. The molecule has 1 saturated heterocycles. The zero-order valence-corrected chi connectivity index (χ0v) is 16.2. The Balaban J connectivity index is 1.30. The van der Waals surface area contributed by atoms with Gasteiger partial charge in [-0.1, -0.05) is 24.3 Å². The van der Waals surface area contributed by atoms with Crippen molar-refractivity contribution < 1.29 is 12.8 Å². The molecular formula is C18H20N4O3S2. The molecule has 142 valence electrons. The van der Waals surface area contributed by atoms with E-state index in [2.05, 4.69) is 19.8 Å². The van der Waals surface area contributed by atoms with Crippen LogP contribution in [-0.4, -0.2) is 42.6 Å². The number of thiophene rings is 1. The van der Waals surface area contributed by atoms with Gasteiger partial charge in [-0.05, 0) is 36.4 Å². The maximum Gasteiger partial charge on any atom is 0.257 e. The van der Waals surface area contributed by atoms with E-state index >= 15 is 0 Å². The van der Waals surface area contributed by atoms with Crippen molar-refractivity contribution in [2.75, 3.05) is 13.1 Å². The maximum atomic E-state index is 12.4. The molecule has 0 unspecified atom stereocenters. The summed E-state index contributed by atoms with van der Waals surface area (Å²) >= 11 is 1.56. The zero-order chi connectivity index (χ0) is 18.7. The molecule has 0 aliphatic carbocycles. The van der Waals surface area contributed by atoms with Gasteiger partial charge in [-0.15, -0.1) is 21.5 Å². The first-order valence-electron chi connectivity index (χ1n) is 8.76. The average Bonchev–Trinajstić information content (AvgIpc) is 3.36. The number of rotatable bonds is 6. The number of aromatic nitrogens is 2. The second-order valence-corrected chi connectivity index (χ2v) is 9.12. The van der Waals surface area contributed by atoms with Crippen molar-refractivity contribution in [3.05, 3.63) is 53.7 Å². The second kappa shape index (κ2) is 7.89. The van der Waals surface area contributed by atoms with Crippen molar-refractivity contribution in [1.29, 1.82) is 0 Å². The van der Waals surface area contributed by atoms with Crippen LogP contribution in [0, 0.1) is 0 Å². The van der Waals surface area contributed by atoms with Gasteiger partial charge in [0, 0.05) is 19.1 Å². The zero-order valence-electron chi connectivity index (χ0n) is 14.6. The minimum absolute atomic E-state index is 0.0594. The molecule has 1 aliphatic rings. The molecule has 3 heterocycles. The molecule has 0 spiro atoms. The summed E-state index contributed by atoms with van der Waals surface area (Å²) < 4.78 is 33.4. The molecule has 27 heavy (non-hydrogen) atoms. The molecule has 9 heteroatoms. The Hall–Kier alpha value is -2.07. The van der Waals surface area contributed by atoms with Crippen molar-refractivity contribution >= 4 is 21.4 Å². The van der Waals surface area contributed by atoms with Crippen molar-refractivity contribution in [2.45, 2.75) is 30.3 Å². The first-order chi connectivity index (χ1) is 13.1. The van der Waals surface area contributed by atoms with Crippen LogP contribution in [0.4, 0.5) is 0 Å². The second-order valence-electron chi connectivity index (χ2n) is 6.46. The Bertz CT molecular complexity index is 963. The molecule has 0 radical (unpaired) electrons. The Morgan fingerprint density at radius 3 is 2.59 bits per heavy atom. The highest BCUT2D eigenvalue weighted by Gasteiger charge is 2.25. The van der Waals surface area contributed by atoms with Gasteiger partial charge in [0.15, 0.2) is 0 Å². The number of nitrogens with zero attached hydrogens (tertiary/aromatic N) is 3. The van der Waals surface area contributed by atoms with Gasteiger partial charge in [0.2, 0.25) is 15.9 Å². The Morgan fingerprint density at radius 2 is 1.89 bits per heavy atom. The average molecular weight is 405 g/mol. The predicted molar refractivity (Wildman–Crippen MR) is 103 cm³/mol. The molecule has 7 nitrogen and oxygen atoms in total. The lowest BCUT2D eigenvalue weighted by Gasteiger charge is -2.31. The lowest BCUT2D eigenvalue weighted by atomic mass is 10.1. The van der Waals surface area contributed by atoms with Gasteiger partial charge in [0.05, 0.1) is 16.3 Å². The third-order valence-electron chi connectivity index (χ3n) is 4.52. The first-order valence-corrected chi connectivity index (χ1v) is 11.1. The molecule has 0 amide bonds. The lowest BCUT2D eigenvalue weighted by Crippen LogP contribution is -2.44. The molecule has 0 bridgehead atoms. The van der Waals surface area contributed by atoms with Gasteiger partial charge in [0.1, 0.15) is 0 Å². The summed E-state index contributed by atoms with van der Waals surface area (Å²) in [6.07, 6.45) is 1.50. The predicted octanol–water partition coefficient (Wildman–Crippen LogP) is 2.74. The van der Waals surface area contributed by atoms with Crippen LogP contribution in [0.25, 0.3) is 10.8 Å². The number of piperidine rings is 1. The first kappa shape index (κ1) is 18.3. The normalized spacial score (nSPS) is 16.6. The molecule has 1 aliphatic heterocycles. The molecule has 0 saturated carbocycles. The molecule has 1 aromatic carbocycles. The van der Waals surface area contributed by atoms with E-state index in [0.29, 0.717) is 23.2 Å². The van der Waals surface area contributed by atoms with E-state index in [-0.39, 0.29) is 6.04 Å². The van der Waals surface area contributed by atoms with Crippen LogP contribution in [0.1, 0.15) is 18.7 Å². The van der Waals surface area contributed by atoms with Crippen molar-refractivity contribution in [3.8, 4) is 10.8 Å². The molecule has 1 N–H and O–H groups in total. The van der Waals surface area contributed by atoms with Gasteiger partial charge in [0.25, 0.3) is 5.89 Å². The smallest absolute Gasteiger partial charge is 0.257 e. The van der Waals surface area contributed by atoms with E-state index in [9.17, 15) is 8.42 Å². The quantitative estimate of drug-likeness (QED) is 0.680. The van der Waals surface area contributed by atoms with Gasteiger partial charge in [-0.25, -0.2) is 13.1 Å². The minimum atomic E-state index is -3.47. The standard InChI is InChI=1S/C18H20N4O3S2/c23-27(24,15-5-2-1-3-6-15)21-14-8-10-22(11-9-14)13-17-19-20-18(25-17)16-7-4-12-26-16/h1-7,12,14,21H,8-11,13H2. The van der Waals surface area contributed by atoms with Gasteiger partial charge >= 0.3 is 0 Å². The molecule has 1 fully saturated rings. The highest BCUT2D eigenvalue weighted by atomic mass is 32.2. The number of sulfonamides is 1. The fourth-order valence-electron chi connectivity index (χ4n) is 3.10. The van der Waals surface area contributed by atoms with E-state index in [1.54, 1.807) is 41.7 Å². The lowest BCUT2D eigenvalue weighted by molar-refractivity contribution is 0.184. The largest absolute Gasteiger partial charge is 0.419 e. The third kappa shape index (κ3) is 4.44. The minimum Gasteiger partial charge on any atom is -0.419 e. The van der Waals surface area contributed by atoms with E-state index < -0.39 is 10.0 Å². The van der Waals surface area contributed by atoms with Crippen LogP contribution in [0.2, 0.25) is 0 Å². The monoisotopic (exact) mass is 404 g/mol. The summed E-state index contributed by atoms with van der Waals surface area (Å²) in [7, 11) is -3.47. The van der Waals surface area contributed by atoms with Crippen molar-refractivity contribution in [1.82, 2.24) is 19.8 Å². The SMILES string of the molecule is O=S(=O)(NC1CCN(Cc2nnc(-c3cccs3)o2)CC1)c1ccccc1. The Kier molecular flexibility index (Phi) is 5.35. The summed E-state index contributed by atoms with van der Waals surface area (Å²) in [6.45, 7) is 2.13. The Labute approximate surface area is 162 Å². The highest BCUT2D eigenvalue weighted by Crippen LogP contribution is 2.24.